The van der Waals surface area contributed by atoms with Gasteiger partial charge in [-0.3, -0.25) is 0 Å². The van der Waals surface area contributed by atoms with Gasteiger partial charge in [-0.2, -0.15) is 9.97 Å². The van der Waals surface area contributed by atoms with Crippen molar-refractivity contribution in [3.63, 3.8) is 0 Å². The van der Waals surface area contributed by atoms with Crippen LogP contribution in [0.4, 0.5) is 5.69 Å². The Morgan fingerprint density at radius 2 is 1.74 bits per heavy atom. The van der Waals surface area contributed by atoms with E-state index in [-0.39, 0.29) is 0 Å². The summed E-state index contributed by atoms with van der Waals surface area (Å²) in [4.78, 5) is 7.98. The monoisotopic (exact) mass is 259 g/mol. The maximum absolute atomic E-state index is 5.90. The second-order valence-electron chi connectivity index (χ2n) is 3.93. The molecule has 2 rings (SSSR count). The fourth-order valence-corrected chi connectivity index (χ4v) is 1.60. The molecule has 0 amide bonds. The van der Waals surface area contributed by atoms with Crippen LogP contribution in [0.2, 0.25) is 0 Å². The highest BCUT2D eigenvalue weighted by Gasteiger charge is 2.10. The van der Waals surface area contributed by atoms with E-state index in [0.29, 0.717) is 29.8 Å². The summed E-state index contributed by atoms with van der Waals surface area (Å²) >= 11 is 0. The lowest BCUT2D eigenvalue weighted by molar-refractivity contribution is 0.325. The van der Waals surface area contributed by atoms with Crippen molar-refractivity contribution >= 4 is 5.69 Å². The normalized spacial score (nSPS) is 10.2. The first kappa shape index (κ1) is 13.1. The van der Waals surface area contributed by atoms with Crippen LogP contribution < -0.4 is 15.2 Å². The van der Waals surface area contributed by atoms with Gasteiger partial charge in [0, 0.05) is 0 Å². The Morgan fingerprint density at radius 3 is 2.37 bits per heavy atom. The molecule has 0 saturated heterocycles. The largest absolute Gasteiger partial charge is 0.476 e. The van der Waals surface area contributed by atoms with Crippen LogP contribution in [0.5, 0.6) is 17.5 Å². The third-order valence-electron chi connectivity index (χ3n) is 2.64. The number of ether oxygens (including phenoxy) is 2. The molecule has 0 unspecified atom stereocenters. The second-order valence-corrected chi connectivity index (χ2v) is 3.93. The van der Waals surface area contributed by atoms with Crippen LogP contribution in [0, 0.1) is 0 Å². The van der Waals surface area contributed by atoms with Gasteiger partial charge in [-0.05, 0) is 31.0 Å². The van der Waals surface area contributed by atoms with Crippen molar-refractivity contribution in [2.75, 3.05) is 12.3 Å². The summed E-state index contributed by atoms with van der Waals surface area (Å²) in [6, 6.07) is 7.80. The lowest BCUT2D eigenvalue weighted by Gasteiger charge is -2.10. The molecule has 0 aliphatic rings. The lowest BCUT2D eigenvalue weighted by Crippen LogP contribution is -2.02. The first-order valence-corrected chi connectivity index (χ1v) is 6.24. The zero-order valence-electron chi connectivity index (χ0n) is 11.1. The van der Waals surface area contributed by atoms with E-state index < -0.39 is 0 Å². The summed E-state index contributed by atoms with van der Waals surface area (Å²) in [5, 5.41) is 0. The van der Waals surface area contributed by atoms with Crippen LogP contribution in [0.1, 0.15) is 19.4 Å². The molecule has 1 heterocycles. The smallest absolute Gasteiger partial charge is 0.249 e. The molecule has 19 heavy (non-hydrogen) atoms. The van der Waals surface area contributed by atoms with Gasteiger partial charge in [0.1, 0.15) is 12.1 Å². The molecule has 0 radical (unpaired) electrons. The first-order valence-electron chi connectivity index (χ1n) is 6.24. The van der Waals surface area contributed by atoms with E-state index in [1.165, 1.54) is 11.9 Å². The van der Waals surface area contributed by atoms with Crippen molar-refractivity contribution in [1.29, 1.82) is 0 Å². The number of aromatic nitrogens is 2. The fourth-order valence-electron chi connectivity index (χ4n) is 1.60. The van der Waals surface area contributed by atoms with Gasteiger partial charge in [0.2, 0.25) is 11.8 Å². The number of benzene rings is 1. The van der Waals surface area contributed by atoms with Crippen molar-refractivity contribution in [3.05, 3.63) is 36.2 Å². The molecule has 1 aromatic heterocycles. The maximum atomic E-state index is 5.90. The third-order valence-corrected chi connectivity index (χ3v) is 2.64. The molecule has 0 bridgehead atoms. The molecular formula is C14H17N3O2. The van der Waals surface area contributed by atoms with Crippen LogP contribution in [0.25, 0.3) is 0 Å². The molecule has 0 atom stereocenters. The van der Waals surface area contributed by atoms with Gasteiger partial charge in [0.05, 0.1) is 6.61 Å². The fraction of sp³-hybridized carbons (Fsp3) is 0.286. The zero-order valence-corrected chi connectivity index (χ0v) is 11.1. The third kappa shape index (κ3) is 3.13. The van der Waals surface area contributed by atoms with E-state index in [9.17, 15) is 0 Å². The summed E-state index contributed by atoms with van der Waals surface area (Å²) < 4.78 is 10.9. The number of nitrogens with zero attached hydrogens (tertiary/aromatic N) is 2. The standard InChI is InChI=1S/C14H17N3O2/c1-3-10-5-7-11(8-6-10)19-14-12(15)13(18-4-2)16-9-17-14/h5-9H,3-4,15H2,1-2H3. The first-order chi connectivity index (χ1) is 9.24. The average Bonchev–Trinajstić information content (AvgIpc) is 2.44. The van der Waals surface area contributed by atoms with Gasteiger partial charge >= 0.3 is 0 Å². The van der Waals surface area contributed by atoms with Gasteiger partial charge in [-0.25, -0.2) is 0 Å². The number of aryl methyl sites for hydroxylation is 1. The SMILES string of the molecule is CCOc1ncnc(Oc2ccc(CC)cc2)c1N. The Morgan fingerprint density at radius 1 is 1.05 bits per heavy atom. The van der Waals surface area contributed by atoms with E-state index in [2.05, 4.69) is 16.9 Å². The molecule has 100 valence electrons. The number of hydrogen-bond acceptors (Lipinski definition) is 5. The van der Waals surface area contributed by atoms with Crippen LogP contribution in [0.3, 0.4) is 0 Å². The molecule has 0 aliphatic heterocycles. The Labute approximate surface area is 112 Å². The summed E-state index contributed by atoms with van der Waals surface area (Å²) in [6.07, 6.45) is 2.36. The molecule has 0 spiro atoms. The quantitative estimate of drug-likeness (QED) is 0.894. The van der Waals surface area contributed by atoms with E-state index in [0.717, 1.165) is 6.42 Å². The highest BCUT2D eigenvalue weighted by molar-refractivity contribution is 5.56. The van der Waals surface area contributed by atoms with Gasteiger partial charge < -0.3 is 15.2 Å². The molecule has 5 heteroatoms. The minimum Gasteiger partial charge on any atom is -0.476 e. The molecular weight excluding hydrogens is 242 g/mol. The minimum absolute atomic E-state index is 0.308. The zero-order chi connectivity index (χ0) is 13.7. The molecule has 0 aliphatic carbocycles. The van der Waals surface area contributed by atoms with E-state index in [1.54, 1.807) is 0 Å². The number of rotatable bonds is 5. The average molecular weight is 259 g/mol. The van der Waals surface area contributed by atoms with Gasteiger partial charge in [0.15, 0.2) is 5.69 Å². The maximum Gasteiger partial charge on any atom is 0.249 e. The molecule has 2 N–H and O–H groups in total. The van der Waals surface area contributed by atoms with E-state index >= 15 is 0 Å². The van der Waals surface area contributed by atoms with Crippen molar-refractivity contribution in [2.45, 2.75) is 20.3 Å². The molecule has 2 aromatic rings. The summed E-state index contributed by atoms with van der Waals surface area (Å²) in [5.41, 5.74) is 7.46. The number of hydrogen-bond donors (Lipinski definition) is 1. The second kappa shape index (κ2) is 6.04. The van der Waals surface area contributed by atoms with Gasteiger partial charge in [0.25, 0.3) is 0 Å². The Kier molecular flexibility index (Phi) is 4.18. The molecule has 0 saturated carbocycles. The minimum atomic E-state index is 0.308. The topological polar surface area (TPSA) is 70.3 Å². The van der Waals surface area contributed by atoms with E-state index in [1.807, 2.05) is 31.2 Å². The van der Waals surface area contributed by atoms with Crippen molar-refractivity contribution in [3.8, 4) is 17.5 Å². The van der Waals surface area contributed by atoms with Gasteiger partial charge in [-0.1, -0.05) is 19.1 Å². The highest BCUT2D eigenvalue weighted by atomic mass is 16.5. The van der Waals surface area contributed by atoms with Crippen LogP contribution >= 0.6 is 0 Å². The van der Waals surface area contributed by atoms with Crippen molar-refractivity contribution in [1.82, 2.24) is 9.97 Å². The lowest BCUT2D eigenvalue weighted by atomic mass is 10.2. The van der Waals surface area contributed by atoms with E-state index in [4.69, 9.17) is 15.2 Å². The predicted octanol–water partition coefficient (Wildman–Crippen LogP) is 2.81. The molecule has 1 aromatic carbocycles. The highest BCUT2D eigenvalue weighted by Crippen LogP contribution is 2.30. The van der Waals surface area contributed by atoms with Crippen molar-refractivity contribution in [2.24, 2.45) is 0 Å². The van der Waals surface area contributed by atoms with Gasteiger partial charge in [-0.15, -0.1) is 0 Å². The molecule has 5 nitrogen and oxygen atoms in total. The Balaban J connectivity index is 2.20. The summed E-state index contributed by atoms with van der Waals surface area (Å²) in [7, 11) is 0. The predicted molar refractivity (Wildman–Crippen MR) is 73.5 cm³/mol. The number of nitrogen functional groups attached to an aromatic ring is 1. The Bertz CT molecular complexity index is 541. The van der Waals surface area contributed by atoms with Crippen LogP contribution in [-0.4, -0.2) is 16.6 Å². The summed E-state index contributed by atoms with van der Waals surface area (Å²) in [5.74, 6) is 1.34. The van der Waals surface area contributed by atoms with Crippen LogP contribution in [0.15, 0.2) is 30.6 Å². The number of nitrogens with two attached hydrogens (primary N) is 1. The molecule has 0 fully saturated rings. The Hall–Kier alpha value is -2.30. The number of anilines is 1. The summed E-state index contributed by atoms with van der Waals surface area (Å²) in [6.45, 7) is 4.46. The van der Waals surface area contributed by atoms with Crippen molar-refractivity contribution < 1.29 is 9.47 Å². The van der Waals surface area contributed by atoms with Crippen LogP contribution in [-0.2, 0) is 6.42 Å².